The quantitative estimate of drug-likeness (QED) is 0.621. The standard InChI is InChI=1S/C23H31NO2/c1-2-3-17-4-8-19(9-5-17)20-12-14-22(15-13-20)26-23(25)21-10-6-18(16-24)7-11-21/h6-7,10-11,17,19-20,22H,2-5,8-9,12-15H2,1H3/t17-,19-,20-,22-. The third-order valence-electron chi connectivity index (χ3n) is 6.50. The van der Waals surface area contributed by atoms with E-state index in [-0.39, 0.29) is 12.1 Å². The van der Waals surface area contributed by atoms with Crippen molar-refractivity contribution >= 4 is 5.97 Å². The van der Waals surface area contributed by atoms with Crippen LogP contribution in [-0.2, 0) is 4.74 Å². The summed E-state index contributed by atoms with van der Waals surface area (Å²) in [7, 11) is 0. The first-order chi connectivity index (χ1) is 12.7. The van der Waals surface area contributed by atoms with E-state index < -0.39 is 0 Å². The second kappa shape index (κ2) is 9.21. The van der Waals surface area contributed by atoms with Crippen molar-refractivity contribution in [3.8, 4) is 6.07 Å². The van der Waals surface area contributed by atoms with Gasteiger partial charge in [0.25, 0.3) is 0 Å². The van der Waals surface area contributed by atoms with Gasteiger partial charge in [0.2, 0.25) is 0 Å². The van der Waals surface area contributed by atoms with Crippen molar-refractivity contribution in [1.29, 1.82) is 5.26 Å². The Morgan fingerprint density at radius 3 is 2.12 bits per heavy atom. The highest BCUT2D eigenvalue weighted by Gasteiger charge is 2.31. The number of hydrogen-bond acceptors (Lipinski definition) is 3. The molecule has 2 aliphatic rings. The van der Waals surface area contributed by atoms with Crippen LogP contribution in [0.3, 0.4) is 0 Å². The Hall–Kier alpha value is -1.82. The molecule has 3 rings (SSSR count). The van der Waals surface area contributed by atoms with Crippen LogP contribution in [0.2, 0.25) is 0 Å². The maximum Gasteiger partial charge on any atom is 0.338 e. The molecule has 0 spiro atoms. The monoisotopic (exact) mass is 353 g/mol. The number of nitrogens with zero attached hydrogens (tertiary/aromatic N) is 1. The molecule has 26 heavy (non-hydrogen) atoms. The molecular formula is C23H31NO2. The van der Waals surface area contributed by atoms with Crippen molar-refractivity contribution in [3.63, 3.8) is 0 Å². The van der Waals surface area contributed by atoms with Gasteiger partial charge in [0.1, 0.15) is 6.10 Å². The SMILES string of the molecule is CCC[C@H]1CC[C@H]([C@H]2CC[C@H](OC(=O)c3ccc(C#N)cc3)CC2)CC1. The lowest BCUT2D eigenvalue weighted by atomic mass is 9.70. The van der Waals surface area contributed by atoms with Gasteiger partial charge in [0.05, 0.1) is 17.2 Å². The van der Waals surface area contributed by atoms with Crippen LogP contribution in [0.4, 0.5) is 0 Å². The topological polar surface area (TPSA) is 50.1 Å². The Balaban J connectivity index is 1.42. The molecule has 2 aliphatic carbocycles. The molecule has 0 heterocycles. The molecule has 0 aromatic heterocycles. The van der Waals surface area contributed by atoms with Crippen LogP contribution in [0, 0.1) is 29.1 Å². The molecule has 1 aromatic carbocycles. The second-order valence-corrected chi connectivity index (χ2v) is 8.20. The van der Waals surface area contributed by atoms with Crippen molar-refractivity contribution in [1.82, 2.24) is 0 Å². The smallest absolute Gasteiger partial charge is 0.338 e. The average molecular weight is 354 g/mol. The minimum absolute atomic E-state index is 0.0609. The van der Waals surface area contributed by atoms with Gasteiger partial charge in [0.15, 0.2) is 0 Å². The number of hydrogen-bond donors (Lipinski definition) is 0. The zero-order valence-electron chi connectivity index (χ0n) is 16.0. The van der Waals surface area contributed by atoms with Crippen LogP contribution < -0.4 is 0 Å². The van der Waals surface area contributed by atoms with E-state index >= 15 is 0 Å². The Bertz CT molecular complexity index is 615. The summed E-state index contributed by atoms with van der Waals surface area (Å²) in [6, 6.07) is 8.77. The largest absolute Gasteiger partial charge is 0.459 e. The molecule has 3 nitrogen and oxygen atoms in total. The Labute approximate surface area is 157 Å². The number of ether oxygens (including phenoxy) is 1. The predicted molar refractivity (Wildman–Crippen MR) is 103 cm³/mol. The molecule has 0 saturated heterocycles. The minimum atomic E-state index is -0.252. The van der Waals surface area contributed by atoms with Crippen LogP contribution in [-0.4, -0.2) is 12.1 Å². The Kier molecular flexibility index (Phi) is 6.72. The summed E-state index contributed by atoms with van der Waals surface area (Å²) < 4.78 is 5.71. The van der Waals surface area contributed by atoms with Crippen LogP contribution >= 0.6 is 0 Å². The van der Waals surface area contributed by atoms with Crippen molar-refractivity contribution in [2.75, 3.05) is 0 Å². The molecule has 2 fully saturated rings. The molecule has 0 radical (unpaired) electrons. The summed E-state index contributed by atoms with van der Waals surface area (Å²) in [4.78, 5) is 12.3. The second-order valence-electron chi connectivity index (χ2n) is 8.20. The first-order valence-electron chi connectivity index (χ1n) is 10.4. The van der Waals surface area contributed by atoms with E-state index in [0.29, 0.717) is 11.1 Å². The van der Waals surface area contributed by atoms with Gasteiger partial charge in [-0.2, -0.15) is 5.26 Å². The van der Waals surface area contributed by atoms with E-state index in [2.05, 4.69) is 13.0 Å². The third kappa shape index (κ3) is 4.87. The van der Waals surface area contributed by atoms with Gasteiger partial charge in [-0.1, -0.05) is 32.6 Å². The van der Waals surface area contributed by atoms with E-state index in [1.54, 1.807) is 24.3 Å². The number of benzene rings is 1. The lowest BCUT2D eigenvalue weighted by Gasteiger charge is -2.37. The van der Waals surface area contributed by atoms with Gasteiger partial charge in [0, 0.05) is 0 Å². The van der Waals surface area contributed by atoms with Crippen molar-refractivity contribution in [2.24, 2.45) is 17.8 Å². The molecule has 1 aromatic rings. The molecule has 2 saturated carbocycles. The Morgan fingerprint density at radius 1 is 1.00 bits per heavy atom. The molecular weight excluding hydrogens is 322 g/mol. The lowest BCUT2D eigenvalue weighted by Crippen LogP contribution is -2.29. The predicted octanol–water partition coefficient (Wildman–Crippen LogP) is 5.88. The van der Waals surface area contributed by atoms with Crippen LogP contribution in [0.5, 0.6) is 0 Å². The normalized spacial score (nSPS) is 28.9. The van der Waals surface area contributed by atoms with Gasteiger partial charge in [-0.15, -0.1) is 0 Å². The summed E-state index contributed by atoms with van der Waals surface area (Å²) in [5, 5.41) is 8.84. The van der Waals surface area contributed by atoms with Crippen LogP contribution in [0.15, 0.2) is 24.3 Å². The summed E-state index contributed by atoms with van der Waals surface area (Å²) in [6.07, 6.45) is 12.9. The molecule has 0 aliphatic heterocycles. The number of carbonyl (C=O) groups is 1. The molecule has 3 heteroatoms. The zero-order chi connectivity index (χ0) is 18.4. The number of esters is 1. The Morgan fingerprint density at radius 2 is 1.58 bits per heavy atom. The number of nitriles is 1. The average Bonchev–Trinajstić information content (AvgIpc) is 2.69. The maximum atomic E-state index is 12.3. The van der Waals surface area contributed by atoms with Crippen molar-refractivity contribution < 1.29 is 9.53 Å². The van der Waals surface area contributed by atoms with Gasteiger partial charge in [-0.05, 0) is 80.5 Å². The van der Waals surface area contributed by atoms with Crippen LogP contribution in [0.25, 0.3) is 0 Å². The van der Waals surface area contributed by atoms with E-state index in [1.807, 2.05) is 0 Å². The number of carbonyl (C=O) groups excluding carboxylic acids is 1. The van der Waals surface area contributed by atoms with Crippen molar-refractivity contribution in [3.05, 3.63) is 35.4 Å². The summed E-state index contributed by atoms with van der Waals surface area (Å²) in [5.41, 5.74) is 1.11. The summed E-state index contributed by atoms with van der Waals surface area (Å²) >= 11 is 0. The third-order valence-corrected chi connectivity index (χ3v) is 6.50. The van der Waals surface area contributed by atoms with E-state index in [9.17, 15) is 4.79 Å². The van der Waals surface area contributed by atoms with Gasteiger partial charge < -0.3 is 4.74 Å². The van der Waals surface area contributed by atoms with E-state index in [4.69, 9.17) is 10.00 Å². The minimum Gasteiger partial charge on any atom is -0.459 e. The highest BCUT2D eigenvalue weighted by molar-refractivity contribution is 5.89. The summed E-state index contributed by atoms with van der Waals surface area (Å²) in [6.45, 7) is 2.30. The fourth-order valence-corrected chi connectivity index (χ4v) is 4.93. The number of rotatable bonds is 5. The molecule has 0 amide bonds. The molecule has 0 unspecified atom stereocenters. The molecule has 0 atom stereocenters. The highest BCUT2D eigenvalue weighted by atomic mass is 16.5. The lowest BCUT2D eigenvalue weighted by molar-refractivity contribution is 0.0109. The van der Waals surface area contributed by atoms with Crippen LogP contribution in [0.1, 0.15) is 87.1 Å². The molecule has 140 valence electrons. The van der Waals surface area contributed by atoms with Gasteiger partial charge in [-0.3, -0.25) is 0 Å². The van der Waals surface area contributed by atoms with E-state index in [1.165, 1.54) is 51.4 Å². The highest BCUT2D eigenvalue weighted by Crippen LogP contribution is 2.41. The molecule has 0 N–H and O–H groups in total. The summed E-state index contributed by atoms with van der Waals surface area (Å²) in [5.74, 6) is 2.46. The first-order valence-corrected chi connectivity index (χ1v) is 10.4. The van der Waals surface area contributed by atoms with Gasteiger partial charge in [-0.25, -0.2) is 4.79 Å². The fraction of sp³-hybridized carbons (Fsp3) is 0.652. The van der Waals surface area contributed by atoms with E-state index in [0.717, 1.165) is 30.6 Å². The zero-order valence-corrected chi connectivity index (χ0v) is 16.0. The fourth-order valence-electron chi connectivity index (χ4n) is 4.93. The first kappa shape index (κ1) is 19.0. The maximum absolute atomic E-state index is 12.3. The van der Waals surface area contributed by atoms with Gasteiger partial charge >= 0.3 is 5.97 Å². The van der Waals surface area contributed by atoms with Crippen molar-refractivity contribution in [2.45, 2.75) is 77.2 Å². The molecule has 0 bridgehead atoms.